The molecule has 1 saturated heterocycles. The molecule has 0 amide bonds. The van der Waals surface area contributed by atoms with Crippen molar-refractivity contribution < 1.29 is 28.2 Å². The van der Waals surface area contributed by atoms with Crippen molar-refractivity contribution in [1.29, 1.82) is 0 Å². The highest BCUT2D eigenvalue weighted by Crippen LogP contribution is 2.30. The maximum atomic E-state index is 13.3. The molecule has 2 unspecified atom stereocenters. The van der Waals surface area contributed by atoms with Crippen LogP contribution in [0, 0.1) is 5.92 Å². The second kappa shape index (κ2) is 4.85. The van der Waals surface area contributed by atoms with Crippen LogP contribution in [0.2, 0.25) is 0 Å². The molecule has 4 nitrogen and oxygen atoms in total. The molecular weight excluding hydrogens is 210 g/mol. The highest BCUT2D eigenvalue weighted by molar-refractivity contribution is 5.78. The molecule has 1 N–H and O–H groups in total. The van der Waals surface area contributed by atoms with Gasteiger partial charge in [-0.2, -0.15) is 8.78 Å². The molecule has 0 radical (unpaired) electrons. The summed E-state index contributed by atoms with van der Waals surface area (Å²) in [6.07, 6.45) is -1.70. The third-order valence-corrected chi connectivity index (χ3v) is 2.33. The standard InChI is InChI=1S/C9H14F2O4/c1-2-15-8(13)9(10,11)7(12)6-3-4-14-5-6/h6-7,12H,2-5H2,1H3. The maximum Gasteiger partial charge on any atom is 0.379 e. The molecule has 0 bridgehead atoms. The average molecular weight is 224 g/mol. The van der Waals surface area contributed by atoms with Gasteiger partial charge in [-0.3, -0.25) is 0 Å². The molecule has 0 aromatic rings. The Hall–Kier alpha value is -0.750. The van der Waals surface area contributed by atoms with Gasteiger partial charge in [-0.25, -0.2) is 4.79 Å². The molecule has 2 atom stereocenters. The van der Waals surface area contributed by atoms with Crippen LogP contribution >= 0.6 is 0 Å². The van der Waals surface area contributed by atoms with E-state index in [1.807, 2.05) is 0 Å². The first-order valence-corrected chi connectivity index (χ1v) is 4.81. The zero-order chi connectivity index (χ0) is 11.5. The number of carbonyl (C=O) groups excluding carboxylic acids is 1. The van der Waals surface area contributed by atoms with Crippen molar-refractivity contribution in [3.8, 4) is 0 Å². The summed E-state index contributed by atoms with van der Waals surface area (Å²) in [6.45, 7) is 1.68. The molecule has 0 aromatic carbocycles. The lowest BCUT2D eigenvalue weighted by Gasteiger charge is -2.24. The van der Waals surface area contributed by atoms with Crippen LogP contribution in [-0.2, 0) is 14.3 Å². The molecule has 0 aromatic heterocycles. The molecule has 0 spiro atoms. The van der Waals surface area contributed by atoms with E-state index in [9.17, 15) is 18.7 Å². The number of ether oxygens (including phenoxy) is 2. The van der Waals surface area contributed by atoms with E-state index in [4.69, 9.17) is 4.74 Å². The molecule has 0 aliphatic carbocycles. The zero-order valence-corrected chi connectivity index (χ0v) is 8.41. The van der Waals surface area contributed by atoms with E-state index < -0.39 is 23.9 Å². The Balaban J connectivity index is 2.62. The van der Waals surface area contributed by atoms with Crippen molar-refractivity contribution in [3.05, 3.63) is 0 Å². The Morgan fingerprint density at radius 2 is 2.40 bits per heavy atom. The van der Waals surface area contributed by atoms with E-state index in [1.54, 1.807) is 0 Å². The first-order chi connectivity index (χ1) is 7.00. The summed E-state index contributed by atoms with van der Waals surface area (Å²) in [4.78, 5) is 10.9. The number of hydrogen-bond donors (Lipinski definition) is 1. The quantitative estimate of drug-likeness (QED) is 0.710. The Bertz CT molecular complexity index is 226. The van der Waals surface area contributed by atoms with E-state index in [0.717, 1.165) is 0 Å². The Morgan fingerprint density at radius 3 is 2.87 bits per heavy atom. The van der Waals surface area contributed by atoms with E-state index >= 15 is 0 Å². The fourth-order valence-corrected chi connectivity index (χ4v) is 1.45. The van der Waals surface area contributed by atoms with Crippen LogP contribution in [0.4, 0.5) is 8.78 Å². The van der Waals surface area contributed by atoms with E-state index in [-0.39, 0.29) is 13.2 Å². The summed E-state index contributed by atoms with van der Waals surface area (Å²) in [7, 11) is 0. The second-order valence-corrected chi connectivity index (χ2v) is 3.41. The zero-order valence-electron chi connectivity index (χ0n) is 8.41. The Morgan fingerprint density at radius 1 is 1.73 bits per heavy atom. The number of carbonyl (C=O) groups is 1. The summed E-state index contributed by atoms with van der Waals surface area (Å²) in [5, 5.41) is 9.34. The summed E-state index contributed by atoms with van der Waals surface area (Å²) in [5.41, 5.74) is 0. The first-order valence-electron chi connectivity index (χ1n) is 4.81. The third kappa shape index (κ3) is 2.63. The minimum atomic E-state index is -3.85. The van der Waals surface area contributed by atoms with Crippen molar-refractivity contribution in [2.45, 2.75) is 25.4 Å². The van der Waals surface area contributed by atoms with E-state index in [1.165, 1.54) is 6.92 Å². The van der Waals surface area contributed by atoms with Crippen molar-refractivity contribution >= 4 is 5.97 Å². The number of hydrogen-bond acceptors (Lipinski definition) is 4. The van der Waals surface area contributed by atoms with Crippen LogP contribution in [-0.4, -0.2) is 42.9 Å². The minimum absolute atomic E-state index is 0.0517. The molecule has 6 heteroatoms. The van der Waals surface area contributed by atoms with E-state index in [2.05, 4.69) is 4.74 Å². The fourth-order valence-electron chi connectivity index (χ4n) is 1.45. The van der Waals surface area contributed by atoms with Crippen molar-refractivity contribution in [3.63, 3.8) is 0 Å². The highest BCUT2D eigenvalue weighted by atomic mass is 19.3. The lowest BCUT2D eigenvalue weighted by molar-refractivity contribution is -0.193. The largest absolute Gasteiger partial charge is 0.461 e. The van der Waals surface area contributed by atoms with Crippen LogP contribution in [0.1, 0.15) is 13.3 Å². The van der Waals surface area contributed by atoms with E-state index in [0.29, 0.717) is 13.0 Å². The van der Waals surface area contributed by atoms with Gasteiger partial charge in [-0.1, -0.05) is 0 Å². The smallest absolute Gasteiger partial charge is 0.379 e. The minimum Gasteiger partial charge on any atom is -0.461 e. The molecule has 1 aliphatic rings. The van der Waals surface area contributed by atoms with Gasteiger partial charge in [0, 0.05) is 12.5 Å². The molecule has 1 heterocycles. The monoisotopic (exact) mass is 224 g/mol. The van der Waals surface area contributed by atoms with Crippen molar-refractivity contribution in [2.75, 3.05) is 19.8 Å². The second-order valence-electron chi connectivity index (χ2n) is 3.41. The van der Waals surface area contributed by atoms with Crippen molar-refractivity contribution in [2.24, 2.45) is 5.92 Å². The normalized spacial score (nSPS) is 23.9. The lowest BCUT2D eigenvalue weighted by Crippen LogP contribution is -2.47. The topological polar surface area (TPSA) is 55.8 Å². The average Bonchev–Trinajstić information content (AvgIpc) is 2.69. The molecule has 88 valence electrons. The third-order valence-electron chi connectivity index (χ3n) is 2.33. The summed E-state index contributed by atoms with van der Waals surface area (Å²) >= 11 is 0. The van der Waals surface area contributed by atoms with Crippen LogP contribution in [0.3, 0.4) is 0 Å². The van der Waals surface area contributed by atoms with Gasteiger partial charge in [0.05, 0.1) is 13.2 Å². The summed E-state index contributed by atoms with van der Waals surface area (Å²) in [5.74, 6) is -6.23. The van der Waals surface area contributed by atoms with Crippen LogP contribution in [0.25, 0.3) is 0 Å². The Labute approximate surface area is 86.2 Å². The van der Waals surface area contributed by atoms with Crippen molar-refractivity contribution in [1.82, 2.24) is 0 Å². The van der Waals surface area contributed by atoms with Gasteiger partial charge in [0.1, 0.15) is 6.10 Å². The fraction of sp³-hybridized carbons (Fsp3) is 0.889. The number of halogens is 2. The van der Waals surface area contributed by atoms with Gasteiger partial charge in [0.15, 0.2) is 0 Å². The number of rotatable bonds is 4. The van der Waals surface area contributed by atoms with Crippen LogP contribution in [0.5, 0.6) is 0 Å². The first kappa shape index (κ1) is 12.3. The predicted octanol–water partition coefficient (Wildman–Crippen LogP) is 0.582. The maximum absolute atomic E-state index is 13.3. The highest BCUT2D eigenvalue weighted by Gasteiger charge is 2.51. The number of aliphatic hydroxyl groups excluding tert-OH is 1. The molecule has 1 aliphatic heterocycles. The van der Waals surface area contributed by atoms with Gasteiger partial charge in [-0.05, 0) is 13.3 Å². The summed E-state index contributed by atoms with van der Waals surface area (Å²) in [6, 6.07) is 0. The predicted molar refractivity (Wildman–Crippen MR) is 46.5 cm³/mol. The van der Waals surface area contributed by atoms with Crippen LogP contribution in [0.15, 0.2) is 0 Å². The summed E-state index contributed by atoms with van der Waals surface area (Å²) < 4.78 is 35.6. The van der Waals surface area contributed by atoms with Gasteiger partial charge in [-0.15, -0.1) is 0 Å². The van der Waals surface area contributed by atoms with Gasteiger partial charge in [0.25, 0.3) is 0 Å². The number of alkyl halides is 2. The van der Waals surface area contributed by atoms with Crippen LogP contribution < -0.4 is 0 Å². The molecule has 0 saturated carbocycles. The van der Waals surface area contributed by atoms with Gasteiger partial charge in [0.2, 0.25) is 0 Å². The molecule has 15 heavy (non-hydrogen) atoms. The SMILES string of the molecule is CCOC(=O)C(F)(F)C(O)C1CCOC1. The molecule has 1 rings (SSSR count). The number of esters is 1. The van der Waals surface area contributed by atoms with Gasteiger partial charge >= 0.3 is 11.9 Å². The molecule has 1 fully saturated rings. The van der Waals surface area contributed by atoms with Gasteiger partial charge < -0.3 is 14.6 Å². The number of aliphatic hydroxyl groups is 1. The molecular formula is C9H14F2O4. The lowest BCUT2D eigenvalue weighted by atomic mass is 9.96. The Kier molecular flexibility index (Phi) is 3.98.